The fourth-order valence-electron chi connectivity index (χ4n) is 4.98. The summed E-state index contributed by atoms with van der Waals surface area (Å²) in [5.41, 5.74) is -2.38. The second-order valence-electron chi connectivity index (χ2n) is 9.31. The fourth-order valence-corrected chi connectivity index (χ4v) is 5.24. The van der Waals surface area contributed by atoms with Crippen molar-refractivity contribution in [3.05, 3.63) is 106 Å². The van der Waals surface area contributed by atoms with Crippen LogP contribution in [0.25, 0.3) is 0 Å². The maximum Gasteiger partial charge on any atom is 0.329 e. The maximum atomic E-state index is 14.1. The van der Waals surface area contributed by atoms with Gasteiger partial charge in [-0.05, 0) is 36.8 Å². The lowest BCUT2D eigenvalue weighted by Gasteiger charge is -2.39. The van der Waals surface area contributed by atoms with E-state index >= 15 is 0 Å². The molecule has 1 amide bonds. The standard InChI is InChI=1S/C30H27Cl2NO6/c1-3-38-28(37)29(26(35)18-33(27(29)36)17-21-7-5-4-6-8-21)19-30(39-20(2)34,22-9-13-24(31)14-10-22)23-11-15-25(32)16-12-23/h4-16H,3,17-19H2,1-2H3. The molecule has 3 aromatic carbocycles. The number of amides is 1. The largest absolute Gasteiger partial charge is 0.465 e. The number of hydrogen-bond donors (Lipinski definition) is 0. The van der Waals surface area contributed by atoms with Crippen LogP contribution in [0.3, 0.4) is 0 Å². The zero-order valence-corrected chi connectivity index (χ0v) is 23.0. The van der Waals surface area contributed by atoms with Crippen molar-refractivity contribution >= 4 is 46.8 Å². The number of esters is 2. The molecule has 7 nitrogen and oxygen atoms in total. The smallest absolute Gasteiger partial charge is 0.329 e. The van der Waals surface area contributed by atoms with Crippen molar-refractivity contribution in [1.29, 1.82) is 0 Å². The van der Waals surface area contributed by atoms with Gasteiger partial charge in [0.05, 0.1) is 13.2 Å². The topological polar surface area (TPSA) is 90.0 Å². The van der Waals surface area contributed by atoms with E-state index in [9.17, 15) is 19.2 Å². The molecule has 0 saturated carbocycles. The zero-order chi connectivity index (χ0) is 28.2. The number of benzene rings is 3. The first-order valence-electron chi connectivity index (χ1n) is 12.4. The van der Waals surface area contributed by atoms with Gasteiger partial charge in [0.2, 0.25) is 11.3 Å². The Morgan fingerprint density at radius 2 is 1.44 bits per heavy atom. The molecule has 9 heteroatoms. The predicted molar refractivity (Wildman–Crippen MR) is 146 cm³/mol. The monoisotopic (exact) mass is 567 g/mol. The SMILES string of the molecule is CCOC(=O)C1(CC(OC(C)=O)(c2ccc(Cl)cc2)c2ccc(Cl)cc2)C(=O)CN(Cc2ccccc2)C1=O. The van der Waals surface area contributed by atoms with Gasteiger partial charge in [-0.3, -0.25) is 19.2 Å². The Hall–Kier alpha value is -3.68. The normalized spacial score (nSPS) is 17.3. The second-order valence-corrected chi connectivity index (χ2v) is 10.2. The average Bonchev–Trinajstić information content (AvgIpc) is 3.14. The summed E-state index contributed by atoms with van der Waals surface area (Å²) in [4.78, 5) is 55.5. The first-order valence-corrected chi connectivity index (χ1v) is 13.1. The third-order valence-electron chi connectivity index (χ3n) is 6.76. The lowest BCUT2D eigenvalue weighted by Crippen LogP contribution is -2.51. The van der Waals surface area contributed by atoms with Crippen molar-refractivity contribution in [2.75, 3.05) is 13.2 Å². The van der Waals surface area contributed by atoms with E-state index < -0.39 is 41.1 Å². The Morgan fingerprint density at radius 3 is 1.92 bits per heavy atom. The van der Waals surface area contributed by atoms with E-state index in [-0.39, 0.29) is 19.7 Å². The molecule has 1 aliphatic rings. The molecule has 1 atom stereocenters. The van der Waals surface area contributed by atoms with E-state index in [2.05, 4.69) is 0 Å². The molecule has 0 spiro atoms. The van der Waals surface area contributed by atoms with Crippen molar-refractivity contribution in [2.45, 2.75) is 32.4 Å². The van der Waals surface area contributed by atoms with Gasteiger partial charge in [0.25, 0.3) is 0 Å². The number of nitrogens with zero attached hydrogens (tertiary/aromatic N) is 1. The van der Waals surface area contributed by atoms with E-state index in [1.54, 1.807) is 55.5 Å². The molecule has 1 heterocycles. The highest BCUT2D eigenvalue weighted by molar-refractivity contribution is 6.31. The van der Waals surface area contributed by atoms with Gasteiger partial charge in [0.15, 0.2) is 11.4 Å². The summed E-state index contributed by atoms with van der Waals surface area (Å²) in [5, 5.41) is 0.850. The minimum absolute atomic E-state index is 0.0533. The third-order valence-corrected chi connectivity index (χ3v) is 7.26. The van der Waals surface area contributed by atoms with Crippen molar-refractivity contribution in [2.24, 2.45) is 5.41 Å². The number of carbonyl (C=O) groups excluding carboxylic acids is 4. The van der Waals surface area contributed by atoms with Gasteiger partial charge in [-0.1, -0.05) is 77.8 Å². The summed E-state index contributed by atoms with van der Waals surface area (Å²) >= 11 is 12.3. The molecule has 0 N–H and O–H groups in total. The predicted octanol–water partition coefficient (Wildman–Crippen LogP) is 5.35. The number of Topliss-reactive ketones (excluding diaryl/α,β-unsaturated/α-hetero) is 1. The Balaban J connectivity index is 1.92. The molecule has 0 aromatic heterocycles. The minimum atomic E-state index is -2.26. The van der Waals surface area contributed by atoms with E-state index in [1.165, 1.54) is 11.8 Å². The Bertz CT molecular complexity index is 1330. The van der Waals surface area contributed by atoms with E-state index in [0.29, 0.717) is 21.2 Å². The maximum absolute atomic E-state index is 14.1. The lowest BCUT2D eigenvalue weighted by atomic mass is 9.70. The van der Waals surface area contributed by atoms with Crippen LogP contribution >= 0.6 is 23.2 Å². The summed E-state index contributed by atoms with van der Waals surface area (Å²) < 4.78 is 11.3. The molecule has 1 saturated heterocycles. The number of hydrogen-bond acceptors (Lipinski definition) is 6. The molecular formula is C30H27Cl2NO6. The number of ketones is 1. The lowest BCUT2D eigenvalue weighted by molar-refractivity contribution is -0.174. The molecule has 1 unspecified atom stereocenters. The third kappa shape index (κ3) is 5.56. The molecular weight excluding hydrogens is 541 g/mol. The summed E-state index contributed by atoms with van der Waals surface area (Å²) in [7, 11) is 0. The van der Waals surface area contributed by atoms with Crippen LogP contribution in [0.2, 0.25) is 10.0 Å². The van der Waals surface area contributed by atoms with E-state index in [1.807, 2.05) is 30.3 Å². The molecule has 3 aromatic rings. The second kappa shape index (κ2) is 11.6. The highest BCUT2D eigenvalue weighted by Crippen LogP contribution is 2.48. The molecule has 202 valence electrons. The van der Waals surface area contributed by atoms with Gasteiger partial charge in [0, 0.05) is 41.1 Å². The molecule has 0 aliphatic carbocycles. The highest BCUT2D eigenvalue weighted by Gasteiger charge is 2.64. The van der Waals surface area contributed by atoms with E-state index in [4.69, 9.17) is 32.7 Å². The molecule has 0 radical (unpaired) electrons. The van der Waals surface area contributed by atoms with Gasteiger partial charge in [-0.25, -0.2) is 0 Å². The molecule has 1 aliphatic heterocycles. The van der Waals surface area contributed by atoms with Gasteiger partial charge < -0.3 is 14.4 Å². The van der Waals surface area contributed by atoms with Gasteiger partial charge >= 0.3 is 11.9 Å². The minimum Gasteiger partial charge on any atom is -0.465 e. The van der Waals surface area contributed by atoms with Crippen LogP contribution < -0.4 is 0 Å². The van der Waals surface area contributed by atoms with Crippen molar-refractivity contribution < 1.29 is 28.7 Å². The van der Waals surface area contributed by atoms with Crippen LogP contribution in [-0.4, -0.2) is 41.7 Å². The Labute approximate surface area is 236 Å². The van der Waals surface area contributed by atoms with Gasteiger partial charge in [-0.2, -0.15) is 0 Å². The van der Waals surface area contributed by atoms with Crippen LogP contribution in [0.1, 0.15) is 37.0 Å². The summed E-state index contributed by atoms with van der Waals surface area (Å²) in [6.07, 6.45) is -0.509. The van der Waals surface area contributed by atoms with Crippen LogP contribution in [-0.2, 0) is 40.8 Å². The molecule has 0 bridgehead atoms. The Morgan fingerprint density at radius 1 is 0.897 bits per heavy atom. The molecule has 4 rings (SSSR count). The number of carbonyl (C=O) groups is 4. The highest BCUT2D eigenvalue weighted by atomic mass is 35.5. The summed E-state index contributed by atoms with van der Waals surface area (Å²) in [5.74, 6) is -3.02. The van der Waals surface area contributed by atoms with Gasteiger partial charge in [0.1, 0.15) is 0 Å². The number of rotatable bonds is 9. The summed E-state index contributed by atoms with van der Waals surface area (Å²) in [6.45, 7) is 2.58. The quantitative estimate of drug-likeness (QED) is 0.255. The van der Waals surface area contributed by atoms with Crippen molar-refractivity contribution in [3.8, 4) is 0 Å². The van der Waals surface area contributed by atoms with E-state index in [0.717, 1.165) is 5.56 Å². The first-order chi connectivity index (χ1) is 18.6. The van der Waals surface area contributed by atoms with Gasteiger partial charge in [-0.15, -0.1) is 0 Å². The van der Waals surface area contributed by atoms with Crippen LogP contribution in [0, 0.1) is 5.41 Å². The number of halogens is 2. The number of ether oxygens (including phenoxy) is 2. The van der Waals surface area contributed by atoms with Crippen molar-refractivity contribution in [3.63, 3.8) is 0 Å². The first kappa shape index (κ1) is 28.3. The number of likely N-dealkylation sites (tertiary alicyclic amines) is 1. The van der Waals surface area contributed by atoms with Crippen LogP contribution in [0.15, 0.2) is 78.9 Å². The zero-order valence-electron chi connectivity index (χ0n) is 21.5. The summed E-state index contributed by atoms with van der Waals surface area (Å²) in [6, 6.07) is 22.1. The van der Waals surface area contributed by atoms with Crippen molar-refractivity contribution in [1.82, 2.24) is 4.90 Å². The fraction of sp³-hybridized carbons (Fsp3) is 0.267. The van der Waals surface area contributed by atoms with Crippen LogP contribution in [0.5, 0.6) is 0 Å². The molecule has 39 heavy (non-hydrogen) atoms. The molecule has 1 fully saturated rings. The van der Waals surface area contributed by atoms with Crippen LogP contribution in [0.4, 0.5) is 0 Å². The Kier molecular flexibility index (Phi) is 8.42. The average molecular weight is 568 g/mol.